The molecule has 0 unspecified atom stereocenters. The first-order valence-electron chi connectivity index (χ1n) is 5.90. The molecule has 4 nitrogen and oxygen atoms in total. The smallest absolute Gasteiger partial charge is 0.0698 e. The minimum atomic E-state index is 0.117. The predicted octanol–water partition coefficient (Wildman–Crippen LogP) is 0.317. The van der Waals surface area contributed by atoms with E-state index in [9.17, 15) is 0 Å². The van der Waals surface area contributed by atoms with Gasteiger partial charge in [0, 0.05) is 19.6 Å². The van der Waals surface area contributed by atoms with E-state index in [-0.39, 0.29) is 6.61 Å². The van der Waals surface area contributed by atoms with Gasteiger partial charge in [0.15, 0.2) is 0 Å². The van der Waals surface area contributed by atoms with Gasteiger partial charge in [-0.05, 0) is 20.0 Å². The molecule has 0 aliphatic carbocycles. The van der Waals surface area contributed by atoms with Crippen molar-refractivity contribution in [3.8, 4) is 0 Å². The fraction of sp³-hybridized carbons (Fsp3) is 1.00. The standard InChI is InChI=1S/C11H26N2O2/c1-3-4-6-13(7-5-12-2)8-10-15-11-9-14/h12,14H,3-11H2,1-2H3. The Labute approximate surface area is 93.6 Å². The lowest BCUT2D eigenvalue weighted by Gasteiger charge is -2.21. The zero-order chi connectivity index (χ0) is 11.4. The maximum Gasteiger partial charge on any atom is 0.0698 e. The average Bonchev–Trinajstić information content (AvgIpc) is 2.27. The summed E-state index contributed by atoms with van der Waals surface area (Å²) < 4.78 is 5.26. The van der Waals surface area contributed by atoms with Crippen LogP contribution in [0.5, 0.6) is 0 Å². The van der Waals surface area contributed by atoms with E-state index in [1.54, 1.807) is 0 Å². The minimum Gasteiger partial charge on any atom is -0.394 e. The molecule has 0 radical (unpaired) electrons. The topological polar surface area (TPSA) is 44.7 Å². The van der Waals surface area contributed by atoms with E-state index in [4.69, 9.17) is 9.84 Å². The monoisotopic (exact) mass is 218 g/mol. The lowest BCUT2D eigenvalue weighted by molar-refractivity contribution is 0.0735. The second-order valence-electron chi connectivity index (χ2n) is 3.63. The predicted molar refractivity (Wildman–Crippen MR) is 63.2 cm³/mol. The van der Waals surface area contributed by atoms with Crippen molar-refractivity contribution in [2.45, 2.75) is 19.8 Å². The number of aliphatic hydroxyl groups excluding tert-OH is 1. The van der Waals surface area contributed by atoms with Crippen molar-refractivity contribution in [3.63, 3.8) is 0 Å². The Morgan fingerprint density at radius 3 is 2.60 bits per heavy atom. The van der Waals surface area contributed by atoms with Gasteiger partial charge in [0.2, 0.25) is 0 Å². The molecule has 0 fully saturated rings. The Morgan fingerprint density at radius 2 is 2.00 bits per heavy atom. The minimum absolute atomic E-state index is 0.117. The highest BCUT2D eigenvalue weighted by Gasteiger charge is 2.02. The van der Waals surface area contributed by atoms with Crippen LogP contribution in [-0.4, -0.2) is 63.1 Å². The van der Waals surface area contributed by atoms with Crippen LogP contribution in [0.4, 0.5) is 0 Å². The lowest BCUT2D eigenvalue weighted by Crippen LogP contribution is -2.34. The van der Waals surface area contributed by atoms with Gasteiger partial charge in [-0.3, -0.25) is 4.90 Å². The number of hydrogen-bond donors (Lipinski definition) is 2. The number of likely N-dealkylation sites (N-methyl/N-ethyl adjacent to an activating group) is 1. The number of unbranched alkanes of at least 4 members (excludes halogenated alkanes) is 1. The van der Waals surface area contributed by atoms with Crippen molar-refractivity contribution in [1.29, 1.82) is 0 Å². The van der Waals surface area contributed by atoms with E-state index in [2.05, 4.69) is 17.1 Å². The summed E-state index contributed by atoms with van der Waals surface area (Å²) >= 11 is 0. The zero-order valence-corrected chi connectivity index (χ0v) is 10.2. The van der Waals surface area contributed by atoms with Crippen LogP contribution in [0.1, 0.15) is 19.8 Å². The number of hydrogen-bond acceptors (Lipinski definition) is 4. The van der Waals surface area contributed by atoms with Gasteiger partial charge in [-0.15, -0.1) is 0 Å². The zero-order valence-electron chi connectivity index (χ0n) is 10.2. The van der Waals surface area contributed by atoms with Gasteiger partial charge in [-0.1, -0.05) is 13.3 Å². The van der Waals surface area contributed by atoms with Crippen molar-refractivity contribution in [1.82, 2.24) is 10.2 Å². The van der Waals surface area contributed by atoms with E-state index in [0.29, 0.717) is 13.2 Å². The molecule has 0 saturated carbocycles. The molecule has 2 N–H and O–H groups in total. The summed E-state index contributed by atoms with van der Waals surface area (Å²) in [4.78, 5) is 2.40. The molecule has 0 bridgehead atoms. The molecule has 0 atom stereocenters. The highest BCUT2D eigenvalue weighted by molar-refractivity contribution is 4.58. The highest BCUT2D eigenvalue weighted by Crippen LogP contribution is 1.94. The Kier molecular flexibility index (Phi) is 11.8. The summed E-state index contributed by atoms with van der Waals surface area (Å²) in [7, 11) is 1.97. The molecular weight excluding hydrogens is 192 g/mol. The molecule has 0 aromatic heterocycles. The van der Waals surface area contributed by atoms with Crippen LogP contribution in [0.25, 0.3) is 0 Å². The summed E-state index contributed by atoms with van der Waals surface area (Å²) in [6.45, 7) is 7.68. The Balaban J connectivity index is 3.49. The first-order chi connectivity index (χ1) is 7.35. The SMILES string of the molecule is CCCCN(CCNC)CCOCCO. The molecule has 0 aromatic carbocycles. The number of nitrogens with one attached hydrogen (secondary N) is 1. The van der Waals surface area contributed by atoms with Crippen LogP contribution in [0.2, 0.25) is 0 Å². The molecular formula is C11H26N2O2. The molecule has 92 valence electrons. The van der Waals surface area contributed by atoms with E-state index in [1.807, 2.05) is 7.05 Å². The Hall–Kier alpha value is -0.160. The largest absolute Gasteiger partial charge is 0.394 e. The second-order valence-corrected chi connectivity index (χ2v) is 3.63. The van der Waals surface area contributed by atoms with Crippen LogP contribution >= 0.6 is 0 Å². The van der Waals surface area contributed by atoms with Gasteiger partial charge in [0.05, 0.1) is 19.8 Å². The van der Waals surface area contributed by atoms with Crippen molar-refractivity contribution >= 4 is 0 Å². The van der Waals surface area contributed by atoms with E-state index >= 15 is 0 Å². The highest BCUT2D eigenvalue weighted by atomic mass is 16.5. The third-order valence-electron chi connectivity index (χ3n) is 2.29. The van der Waals surface area contributed by atoms with E-state index in [1.165, 1.54) is 12.8 Å². The maximum absolute atomic E-state index is 8.57. The quantitative estimate of drug-likeness (QED) is 0.490. The number of nitrogens with zero attached hydrogens (tertiary/aromatic N) is 1. The van der Waals surface area contributed by atoms with Gasteiger partial charge >= 0.3 is 0 Å². The molecule has 0 aromatic rings. The second kappa shape index (κ2) is 11.9. The maximum atomic E-state index is 8.57. The molecule has 15 heavy (non-hydrogen) atoms. The van der Waals surface area contributed by atoms with Gasteiger partial charge in [0.1, 0.15) is 0 Å². The van der Waals surface area contributed by atoms with E-state index < -0.39 is 0 Å². The summed E-state index contributed by atoms with van der Waals surface area (Å²) in [5, 5.41) is 11.7. The average molecular weight is 218 g/mol. The first kappa shape index (κ1) is 14.8. The van der Waals surface area contributed by atoms with Crippen LogP contribution < -0.4 is 5.32 Å². The van der Waals surface area contributed by atoms with Crippen molar-refractivity contribution < 1.29 is 9.84 Å². The van der Waals surface area contributed by atoms with Crippen molar-refractivity contribution in [2.75, 3.05) is 53.0 Å². The van der Waals surface area contributed by atoms with Crippen LogP contribution in [0.3, 0.4) is 0 Å². The third-order valence-corrected chi connectivity index (χ3v) is 2.29. The molecule has 0 saturated heterocycles. The van der Waals surface area contributed by atoms with Gasteiger partial charge in [-0.25, -0.2) is 0 Å². The van der Waals surface area contributed by atoms with Gasteiger partial charge in [-0.2, -0.15) is 0 Å². The number of aliphatic hydroxyl groups is 1. The van der Waals surface area contributed by atoms with Gasteiger partial charge < -0.3 is 15.2 Å². The molecule has 0 heterocycles. The number of rotatable bonds is 11. The van der Waals surface area contributed by atoms with Crippen LogP contribution in [0.15, 0.2) is 0 Å². The van der Waals surface area contributed by atoms with Crippen molar-refractivity contribution in [3.05, 3.63) is 0 Å². The molecule has 0 aliphatic heterocycles. The Morgan fingerprint density at radius 1 is 1.20 bits per heavy atom. The first-order valence-corrected chi connectivity index (χ1v) is 5.90. The summed E-state index contributed by atoms with van der Waals surface area (Å²) in [5.41, 5.74) is 0. The molecule has 0 amide bonds. The summed E-state index contributed by atoms with van der Waals surface area (Å²) in [6.07, 6.45) is 2.47. The molecule has 0 rings (SSSR count). The Bertz CT molecular complexity index is 115. The van der Waals surface area contributed by atoms with Crippen LogP contribution in [-0.2, 0) is 4.74 Å². The summed E-state index contributed by atoms with van der Waals surface area (Å²) in [6, 6.07) is 0. The fourth-order valence-corrected chi connectivity index (χ4v) is 1.35. The summed E-state index contributed by atoms with van der Waals surface area (Å²) in [5.74, 6) is 0. The third kappa shape index (κ3) is 10.1. The van der Waals surface area contributed by atoms with Crippen molar-refractivity contribution in [2.24, 2.45) is 0 Å². The normalized spacial score (nSPS) is 11.2. The van der Waals surface area contributed by atoms with Crippen LogP contribution in [0, 0.1) is 0 Å². The van der Waals surface area contributed by atoms with Gasteiger partial charge in [0.25, 0.3) is 0 Å². The van der Waals surface area contributed by atoms with E-state index in [0.717, 1.165) is 26.2 Å². The molecule has 0 spiro atoms. The molecule has 4 heteroatoms. The lowest BCUT2D eigenvalue weighted by atomic mass is 10.3. The number of ether oxygens (including phenoxy) is 1. The fourth-order valence-electron chi connectivity index (χ4n) is 1.35. The molecule has 0 aliphatic rings.